The molecule has 3 aliphatic heterocycles. The Morgan fingerprint density at radius 2 is 1.96 bits per heavy atom. The molecule has 3 heterocycles. The molecular weight excluding hydrogens is 282 g/mol. The summed E-state index contributed by atoms with van der Waals surface area (Å²) >= 11 is 0. The average Bonchev–Trinajstić information content (AvgIpc) is 2.76. The van der Waals surface area contributed by atoms with Gasteiger partial charge in [0.15, 0.2) is 0 Å². The third kappa shape index (κ3) is 2.20. The molecule has 0 amide bonds. The number of nitrogens with one attached hydrogen (secondary N) is 1. The van der Waals surface area contributed by atoms with Crippen LogP contribution in [0.4, 0.5) is 0 Å². The molecule has 0 aromatic heterocycles. The van der Waals surface area contributed by atoms with Gasteiger partial charge in [0.1, 0.15) is 5.66 Å². The first-order valence-electron chi connectivity index (χ1n) is 8.82. The van der Waals surface area contributed by atoms with Gasteiger partial charge in [-0.1, -0.05) is 40.0 Å². The maximum absolute atomic E-state index is 4.41. The van der Waals surface area contributed by atoms with E-state index in [4.69, 9.17) is 0 Å². The van der Waals surface area contributed by atoms with Crippen LogP contribution in [0.2, 0.25) is 0 Å². The summed E-state index contributed by atoms with van der Waals surface area (Å²) in [6, 6.07) is 0. The van der Waals surface area contributed by atoms with E-state index in [-0.39, 0.29) is 11.1 Å². The van der Waals surface area contributed by atoms with Crippen molar-refractivity contribution < 1.29 is 0 Å². The van der Waals surface area contributed by atoms with Crippen molar-refractivity contribution in [2.24, 2.45) is 5.41 Å². The van der Waals surface area contributed by atoms with Crippen LogP contribution in [0.3, 0.4) is 0 Å². The van der Waals surface area contributed by atoms with Gasteiger partial charge in [-0.15, -0.1) is 0 Å². The number of hydrogen-bond donors (Lipinski definition) is 1. The number of nitrogens with zero attached hydrogens (tertiary/aromatic N) is 2. The molecule has 0 aromatic rings. The lowest BCUT2D eigenvalue weighted by Crippen LogP contribution is -2.67. The molecule has 0 aromatic carbocycles. The third-order valence-electron chi connectivity index (χ3n) is 5.85. The minimum atomic E-state index is -0.114. The fourth-order valence-corrected chi connectivity index (χ4v) is 4.70. The highest BCUT2D eigenvalue weighted by Crippen LogP contribution is 2.52. The number of hydrogen-bond acceptors (Lipinski definition) is 3. The first-order valence-corrected chi connectivity index (χ1v) is 8.82. The van der Waals surface area contributed by atoms with Gasteiger partial charge in [-0.05, 0) is 38.0 Å². The molecule has 1 atom stereocenters. The van der Waals surface area contributed by atoms with Crippen LogP contribution in [0, 0.1) is 5.41 Å². The lowest BCUT2D eigenvalue weighted by Gasteiger charge is -2.56. The van der Waals surface area contributed by atoms with Crippen molar-refractivity contribution in [3.63, 3.8) is 0 Å². The molecule has 1 unspecified atom stereocenters. The number of likely N-dealkylation sites (tertiary alicyclic amines) is 1. The predicted octanol–water partition coefficient (Wildman–Crippen LogP) is 3.99. The van der Waals surface area contributed by atoms with Crippen molar-refractivity contribution in [3.05, 3.63) is 47.5 Å². The number of allylic oxidation sites excluding steroid dienone is 3. The van der Waals surface area contributed by atoms with Gasteiger partial charge in [-0.2, -0.15) is 0 Å². The quantitative estimate of drug-likeness (QED) is 0.831. The monoisotopic (exact) mass is 313 g/mol. The molecule has 126 valence electrons. The zero-order valence-corrected chi connectivity index (χ0v) is 15.4. The Morgan fingerprint density at radius 3 is 2.57 bits per heavy atom. The molecular formula is C20H31N3. The van der Waals surface area contributed by atoms with Crippen molar-refractivity contribution in [1.29, 1.82) is 0 Å². The maximum Gasteiger partial charge on any atom is 0.123 e. The summed E-state index contributed by atoms with van der Waals surface area (Å²) in [5.41, 5.74) is 5.93. The van der Waals surface area contributed by atoms with E-state index in [1.807, 2.05) is 0 Å². The summed E-state index contributed by atoms with van der Waals surface area (Å²) in [7, 11) is 0. The van der Waals surface area contributed by atoms with Crippen LogP contribution in [0.25, 0.3) is 0 Å². The molecule has 0 aliphatic carbocycles. The molecule has 0 bridgehead atoms. The van der Waals surface area contributed by atoms with E-state index in [1.165, 1.54) is 29.8 Å². The summed E-state index contributed by atoms with van der Waals surface area (Å²) in [4.78, 5) is 5.06. The van der Waals surface area contributed by atoms with Crippen molar-refractivity contribution in [2.75, 3.05) is 19.6 Å². The second kappa shape index (κ2) is 5.27. The molecule has 3 nitrogen and oxygen atoms in total. The van der Waals surface area contributed by atoms with Crippen LogP contribution in [0.1, 0.15) is 47.5 Å². The summed E-state index contributed by atoms with van der Waals surface area (Å²) < 4.78 is 0. The molecule has 2 fully saturated rings. The number of rotatable bonds is 2. The van der Waals surface area contributed by atoms with E-state index in [0.717, 1.165) is 30.9 Å². The van der Waals surface area contributed by atoms with Gasteiger partial charge in [0.2, 0.25) is 0 Å². The molecule has 1 N–H and O–H groups in total. The fraction of sp³-hybridized carbons (Fsp3) is 0.600. The molecule has 3 heteroatoms. The Hall–Kier alpha value is -1.48. The van der Waals surface area contributed by atoms with Crippen LogP contribution in [0.5, 0.6) is 0 Å². The van der Waals surface area contributed by atoms with Gasteiger partial charge in [0, 0.05) is 30.6 Å². The Bertz CT molecular complexity index is 623. The summed E-state index contributed by atoms with van der Waals surface area (Å²) in [5.74, 6) is 0. The number of piperidine rings is 1. The second-order valence-corrected chi connectivity index (χ2v) is 8.01. The van der Waals surface area contributed by atoms with Crippen molar-refractivity contribution >= 4 is 0 Å². The van der Waals surface area contributed by atoms with Crippen LogP contribution in [-0.4, -0.2) is 35.1 Å². The van der Waals surface area contributed by atoms with E-state index in [1.54, 1.807) is 0 Å². The Balaban J connectivity index is 2.05. The van der Waals surface area contributed by atoms with Crippen LogP contribution < -0.4 is 5.32 Å². The lowest BCUT2D eigenvalue weighted by molar-refractivity contribution is -0.0450. The highest BCUT2D eigenvalue weighted by atomic mass is 15.4. The Morgan fingerprint density at radius 1 is 1.26 bits per heavy atom. The van der Waals surface area contributed by atoms with Crippen molar-refractivity contribution in [2.45, 2.75) is 53.1 Å². The third-order valence-corrected chi connectivity index (χ3v) is 5.85. The molecule has 3 aliphatic rings. The molecule has 3 rings (SSSR count). The predicted molar refractivity (Wildman–Crippen MR) is 97.6 cm³/mol. The molecule has 2 saturated heterocycles. The Kier molecular flexibility index (Phi) is 3.75. The SMILES string of the molecule is C=C1NC2(CCN(CCC)CC2(C)C)N2C(=C)C(C)=CC(C)=C12. The van der Waals surface area contributed by atoms with Gasteiger partial charge < -0.3 is 15.1 Å². The fourth-order valence-electron chi connectivity index (χ4n) is 4.70. The van der Waals surface area contributed by atoms with E-state index >= 15 is 0 Å². The van der Waals surface area contributed by atoms with Crippen molar-refractivity contribution in [1.82, 2.24) is 15.1 Å². The topological polar surface area (TPSA) is 18.5 Å². The van der Waals surface area contributed by atoms with Crippen LogP contribution >= 0.6 is 0 Å². The molecule has 1 spiro atoms. The average molecular weight is 313 g/mol. The van der Waals surface area contributed by atoms with E-state index in [0.29, 0.717) is 0 Å². The zero-order chi connectivity index (χ0) is 17.0. The second-order valence-electron chi connectivity index (χ2n) is 8.01. The standard InChI is InChI=1S/C20H31N3/c1-8-10-22-11-9-20(19(6,7)13-22)21-16(4)18-15(3)12-14(2)17(5)23(18)20/h12,21H,4-5,8-11,13H2,1-3,6-7H3. The normalized spacial score (nSPS) is 30.7. The van der Waals surface area contributed by atoms with Gasteiger partial charge >= 0.3 is 0 Å². The number of fused-ring (bicyclic) bond motifs is 2. The van der Waals surface area contributed by atoms with E-state index in [2.05, 4.69) is 69.0 Å². The summed E-state index contributed by atoms with van der Waals surface area (Å²) in [5, 5.41) is 3.80. The summed E-state index contributed by atoms with van der Waals surface area (Å²) in [6.45, 7) is 23.5. The van der Waals surface area contributed by atoms with E-state index in [9.17, 15) is 0 Å². The highest BCUT2D eigenvalue weighted by Gasteiger charge is 2.58. The first kappa shape index (κ1) is 16.4. The smallest absolute Gasteiger partial charge is 0.123 e. The van der Waals surface area contributed by atoms with Crippen LogP contribution in [-0.2, 0) is 0 Å². The highest BCUT2D eigenvalue weighted by molar-refractivity contribution is 5.53. The minimum absolute atomic E-state index is 0.103. The van der Waals surface area contributed by atoms with Gasteiger partial charge in [-0.3, -0.25) is 0 Å². The largest absolute Gasteiger partial charge is 0.361 e. The molecule has 0 radical (unpaired) electrons. The first-order chi connectivity index (χ1) is 10.7. The molecule has 0 saturated carbocycles. The van der Waals surface area contributed by atoms with Gasteiger partial charge in [0.05, 0.1) is 11.4 Å². The maximum atomic E-state index is 4.41. The summed E-state index contributed by atoms with van der Waals surface area (Å²) in [6.07, 6.45) is 4.53. The van der Waals surface area contributed by atoms with Crippen molar-refractivity contribution in [3.8, 4) is 0 Å². The zero-order valence-electron chi connectivity index (χ0n) is 15.4. The minimum Gasteiger partial charge on any atom is -0.361 e. The van der Waals surface area contributed by atoms with Gasteiger partial charge in [-0.25, -0.2) is 0 Å². The van der Waals surface area contributed by atoms with Crippen LogP contribution in [0.15, 0.2) is 47.5 Å². The van der Waals surface area contributed by atoms with E-state index < -0.39 is 0 Å². The van der Waals surface area contributed by atoms with Gasteiger partial charge in [0.25, 0.3) is 0 Å². The molecule has 23 heavy (non-hydrogen) atoms. The lowest BCUT2D eigenvalue weighted by atomic mass is 9.72. The Labute approximate surface area is 141 Å².